The fourth-order valence-corrected chi connectivity index (χ4v) is 4.41. The van der Waals surface area contributed by atoms with E-state index >= 15 is 0 Å². The van der Waals surface area contributed by atoms with Gasteiger partial charge in [0.2, 0.25) is 11.7 Å². The highest BCUT2D eigenvalue weighted by atomic mass is 32.2. The summed E-state index contributed by atoms with van der Waals surface area (Å²) < 4.78 is 45.1. The van der Waals surface area contributed by atoms with Gasteiger partial charge in [-0.15, -0.1) is 0 Å². The fourth-order valence-electron chi connectivity index (χ4n) is 3.53. The van der Waals surface area contributed by atoms with Gasteiger partial charge in [-0.3, -0.25) is 0 Å². The predicted molar refractivity (Wildman–Crippen MR) is 111 cm³/mol. The van der Waals surface area contributed by atoms with Gasteiger partial charge in [-0.05, 0) is 40.0 Å². The van der Waals surface area contributed by atoms with Crippen molar-refractivity contribution in [2.24, 2.45) is 10.1 Å². The molecule has 0 saturated carbocycles. The normalized spacial score (nSPS) is 23.9. The van der Waals surface area contributed by atoms with E-state index in [9.17, 15) is 13.8 Å². The van der Waals surface area contributed by atoms with E-state index < -0.39 is 9.92 Å². The van der Waals surface area contributed by atoms with Crippen molar-refractivity contribution >= 4 is 27.8 Å². The van der Waals surface area contributed by atoms with Crippen LogP contribution in [0.2, 0.25) is 0 Å². The number of ether oxygens (including phenoxy) is 1. The van der Waals surface area contributed by atoms with Gasteiger partial charge in [0.1, 0.15) is 15.7 Å². The van der Waals surface area contributed by atoms with Crippen LogP contribution in [0, 0.1) is 10.6 Å². The van der Waals surface area contributed by atoms with Crippen molar-refractivity contribution in [2.75, 3.05) is 37.8 Å². The van der Waals surface area contributed by atoms with Crippen LogP contribution in [0.4, 0.5) is 10.2 Å². The van der Waals surface area contributed by atoms with Gasteiger partial charge >= 0.3 is 0 Å². The molecule has 1 aromatic carbocycles. The Morgan fingerprint density at radius 2 is 2.35 bits per heavy atom. The van der Waals surface area contributed by atoms with Gasteiger partial charge in [-0.25, -0.2) is 27.3 Å². The zero-order valence-corrected chi connectivity index (χ0v) is 17.5. The minimum Gasteiger partial charge on any atom is -0.409 e. The molecule has 31 heavy (non-hydrogen) atoms. The second kappa shape index (κ2) is 8.69. The first-order chi connectivity index (χ1) is 14.8. The van der Waals surface area contributed by atoms with Crippen LogP contribution >= 0.6 is 0 Å². The molecule has 2 unspecified atom stereocenters. The first-order valence-corrected chi connectivity index (χ1v) is 11.5. The summed E-state index contributed by atoms with van der Waals surface area (Å²) in [6.07, 6.45) is 3.33. The van der Waals surface area contributed by atoms with Crippen molar-refractivity contribution in [1.82, 2.24) is 14.6 Å². The molecule has 0 bridgehead atoms. The molecule has 1 aliphatic carbocycles. The monoisotopic (exact) mass is 451 g/mol. The Kier molecular flexibility index (Phi) is 5.98. The van der Waals surface area contributed by atoms with Gasteiger partial charge in [0.25, 0.3) is 0 Å². The second-order valence-electron chi connectivity index (χ2n) is 7.38. The minimum absolute atomic E-state index is 0.0888. The summed E-state index contributed by atoms with van der Waals surface area (Å²) in [5.41, 5.74) is 2.00. The van der Waals surface area contributed by atoms with E-state index in [0.29, 0.717) is 26.1 Å². The molecule has 0 spiro atoms. The van der Waals surface area contributed by atoms with E-state index in [1.54, 1.807) is 16.6 Å². The van der Waals surface area contributed by atoms with Crippen LogP contribution in [-0.4, -0.2) is 74.7 Å². The van der Waals surface area contributed by atoms with Crippen molar-refractivity contribution in [3.63, 3.8) is 0 Å². The number of rotatable bonds is 6. The van der Waals surface area contributed by atoms with Crippen LogP contribution in [0.25, 0.3) is 0 Å². The molecule has 11 nitrogen and oxygen atoms in total. The number of aromatic nitrogens is 2. The molecule has 0 radical (unpaired) electrons. The topological polar surface area (TPSA) is 149 Å². The third kappa shape index (κ3) is 4.73. The van der Waals surface area contributed by atoms with Crippen molar-refractivity contribution in [3.05, 3.63) is 40.8 Å². The van der Waals surface area contributed by atoms with Crippen LogP contribution in [0.5, 0.6) is 0 Å². The third-order valence-electron chi connectivity index (χ3n) is 5.21. The number of morpholine rings is 1. The van der Waals surface area contributed by atoms with Gasteiger partial charge in [-0.1, -0.05) is 11.2 Å². The smallest absolute Gasteiger partial charge is 0.224 e. The lowest BCUT2D eigenvalue weighted by Gasteiger charge is -2.32. The van der Waals surface area contributed by atoms with Crippen LogP contribution in [0.3, 0.4) is 0 Å². The fraction of sp³-hybridized carbons (Fsp3) is 0.444. The Labute approximate surface area is 178 Å². The van der Waals surface area contributed by atoms with Gasteiger partial charge in [0.15, 0.2) is 5.69 Å². The zero-order valence-electron chi connectivity index (χ0n) is 16.7. The lowest BCUT2D eigenvalue weighted by Crippen LogP contribution is -2.47. The van der Waals surface area contributed by atoms with E-state index in [-0.39, 0.29) is 41.7 Å². The Morgan fingerprint density at radius 3 is 3.13 bits per heavy atom. The molecule has 4 rings (SSSR count). The molecule has 1 aromatic heterocycles. The predicted octanol–water partition coefficient (Wildman–Crippen LogP) is 1.46. The molecule has 3 atom stereocenters. The molecular weight excluding hydrogens is 429 g/mol. The van der Waals surface area contributed by atoms with Gasteiger partial charge in [0.05, 0.1) is 12.7 Å². The molecule has 2 heterocycles. The molecule has 0 amide bonds. The number of nitrogens with one attached hydrogen (secondary N) is 2. The quantitative estimate of drug-likeness (QED) is 0.260. The number of anilines is 1. The summed E-state index contributed by atoms with van der Waals surface area (Å²) in [5, 5.41) is 23.1. The molecule has 1 fully saturated rings. The maximum Gasteiger partial charge on any atom is 0.224 e. The number of fused-ring (bicyclic) bond motifs is 1. The lowest BCUT2D eigenvalue weighted by atomic mass is 9.78. The summed E-state index contributed by atoms with van der Waals surface area (Å²) in [6.45, 7) is 1.39. The number of benzene rings is 1. The summed E-state index contributed by atoms with van der Waals surface area (Å²) in [7, 11) is -2.81. The van der Waals surface area contributed by atoms with Crippen LogP contribution in [0.1, 0.15) is 22.7 Å². The van der Waals surface area contributed by atoms with Gasteiger partial charge in [0, 0.05) is 38.0 Å². The molecule has 1 aliphatic heterocycles. The standard InChI is InChI=1S/C18H22FN7O4S/c1-31(20,28)26-4-5-29-14(10-26)9-22-18-16(24-30-25-18)17(23-27)21-8-12-6-11-2-3-13(19)7-15(11)12/h2-3,7-8,12,14,20,27H,4-6,9-10H2,1H3,(H,22,25)/b21-8+,23-17+/t12?,14-,31?/m0/s1. The number of nitrogens with zero attached hydrogens (tertiary/aromatic N) is 5. The Balaban J connectivity index is 1.40. The van der Waals surface area contributed by atoms with Crippen molar-refractivity contribution in [1.29, 1.82) is 4.78 Å². The summed E-state index contributed by atoms with van der Waals surface area (Å²) >= 11 is 0. The largest absolute Gasteiger partial charge is 0.409 e. The molecule has 2 aromatic rings. The molecule has 13 heteroatoms. The van der Waals surface area contributed by atoms with Crippen molar-refractivity contribution in [2.45, 2.75) is 18.4 Å². The highest BCUT2D eigenvalue weighted by Crippen LogP contribution is 2.34. The Bertz CT molecular complexity index is 1120. The Morgan fingerprint density at radius 1 is 1.52 bits per heavy atom. The summed E-state index contributed by atoms with van der Waals surface area (Å²) in [4.78, 5) is 4.18. The van der Waals surface area contributed by atoms with Crippen LogP contribution in [0.15, 0.2) is 33.0 Å². The van der Waals surface area contributed by atoms with E-state index in [0.717, 1.165) is 11.1 Å². The van der Waals surface area contributed by atoms with Crippen LogP contribution < -0.4 is 5.32 Å². The molecule has 166 valence electrons. The number of aliphatic imine (C=N–C) groups is 1. The average Bonchev–Trinajstić information content (AvgIpc) is 3.19. The third-order valence-corrected chi connectivity index (χ3v) is 6.53. The molecule has 3 N–H and O–H groups in total. The van der Waals surface area contributed by atoms with E-state index in [1.165, 1.54) is 18.4 Å². The van der Waals surface area contributed by atoms with Crippen molar-refractivity contribution in [3.8, 4) is 0 Å². The number of oxime groups is 1. The van der Waals surface area contributed by atoms with E-state index in [1.807, 2.05) is 0 Å². The first-order valence-electron chi connectivity index (χ1n) is 9.57. The Hall–Kier alpha value is -2.90. The number of amidine groups is 1. The summed E-state index contributed by atoms with van der Waals surface area (Å²) in [6, 6.07) is 4.63. The molecule has 1 saturated heterocycles. The minimum atomic E-state index is -2.81. The maximum absolute atomic E-state index is 13.4. The number of hydrogen-bond acceptors (Lipinski definition) is 9. The SMILES string of the molecule is CS(=N)(=O)N1CCO[C@@H](CNc2nonc2C(/N=C/C2Cc3ccc(F)cc32)=N\O)C1. The average molecular weight is 451 g/mol. The summed E-state index contributed by atoms with van der Waals surface area (Å²) in [5.74, 6) is -0.307. The highest BCUT2D eigenvalue weighted by Gasteiger charge is 2.27. The second-order valence-corrected chi connectivity index (χ2v) is 9.50. The van der Waals surface area contributed by atoms with Gasteiger partial charge in [-0.2, -0.15) is 0 Å². The zero-order chi connectivity index (χ0) is 22.0. The molecular formula is C18H22FN7O4S. The van der Waals surface area contributed by atoms with Crippen molar-refractivity contribution < 1.29 is 23.2 Å². The van der Waals surface area contributed by atoms with Crippen LogP contribution in [-0.2, 0) is 21.1 Å². The van der Waals surface area contributed by atoms with Gasteiger partial charge < -0.3 is 15.3 Å². The maximum atomic E-state index is 13.4. The molecule has 2 aliphatic rings. The lowest BCUT2D eigenvalue weighted by molar-refractivity contribution is 0.00787. The highest BCUT2D eigenvalue weighted by molar-refractivity contribution is 7.89. The number of hydrogen-bond donors (Lipinski definition) is 3. The van der Waals surface area contributed by atoms with E-state index in [4.69, 9.17) is 14.1 Å². The number of halogens is 1. The van der Waals surface area contributed by atoms with E-state index in [2.05, 4.69) is 25.8 Å². The first kappa shape index (κ1) is 21.3.